The number of imidazole rings is 1. The lowest BCUT2D eigenvalue weighted by Crippen LogP contribution is -2.27. The van der Waals surface area contributed by atoms with Gasteiger partial charge in [0.2, 0.25) is 0 Å². The fourth-order valence-electron chi connectivity index (χ4n) is 2.08. The number of pyridine rings is 1. The van der Waals surface area contributed by atoms with E-state index < -0.39 is 5.91 Å². The second kappa shape index (κ2) is 6.03. The fraction of sp³-hybridized carbons (Fsp3) is 0.429. The maximum Gasteiger partial charge on any atom is 0.262 e. The first kappa shape index (κ1) is 15.8. The van der Waals surface area contributed by atoms with Crippen molar-refractivity contribution in [2.24, 2.45) is 5.41 Å². The van der Waals surface area contributed by atoms with E-state index in [1.54, 1.807) is 5.48 Å². The van der Waals surface area contributed by atoms with Crippen LogP contribution in [0.4, 0.5) is 5.82 Å². The van der Waals surface area contributed by atoms with Crippen molar-refractivity contribution in [3.8, 4) is 0 Å². The van der Waals surface area contributed by atoms with Gasteiger partial charge >= 0.3 is 0 Å². The Morgan fingerprint density at radius 2 is 2.14 bits per heavy atom. The number of carbonyl (C=O) groups excluding carboxylic acids is 1. The highest BCUT2D eigenvalue weighted by Gasteiger charge is 2.20. The molecule has 0 aliphatic heterocycles. The van der Waals surface area contributed by atoms with Gasteiger partial charge in [0.05, 0.1) is 12.2 Å². The van der Waals surface area contributed by atoms with E-state index in [1.807, 2.05) is 22.7 Å². The van der Waals surface area contributed by atoms with Crippen LogP contribution < -0.4 is 10.8 Å². The van der Waals surface area contributed by atoms with Gasteiger partial charge in [-0.2, -0.15) is 0 Å². The quantitative estimate of drug-likeness (QED) is 0.582. The molecule has 6 nitrogen and oxygen atoms in total. The summed E-state index contributed by atoms with van der Waals surface area (Å²) in [6.07, 6.45) is 2.76. The van der Waals surface area contributed by atoms with E-state index in [1.165, 1.54) is 0 Å². The van der Waals surface area contributed by atoms with Crippen molar-refractivity contribution in [1.82, 2.24) is 14.9 Å². The van der Waals surface area contributed by atoms with Gasteiger partial charge in [0.15, 0.2) is 0 Å². The molecule has 2 aromatic heterocycles. The minimum atomic E-state index is -0.505. The number of hydrogen-bond donors (Lipinski definition) is 3. The molecule has 0 radical (unpaired) electrons. The Morgan fingerprint density at radius 1 is 1.43 bits per heavy atom. The Kier molecular flexibility index (Phi) is 4.53. The van der Waals surface area contributed by atoms with E-state index in [9.17, 15) is 4.79 Å². The smallest absolute Gasteiger partial charge is 0.262 e. The summed E-state index contributed by atoms with van der Waals surface area (Å²) < 4.78 is 2.97. The van der Waals surface area contributed by atoms with Crippen LogP contribution in [-0.4, -0.2) is 27.0 Å². The van der Waals surface area contributed by atoms with Crippen LogP contribution in [0.15, 0.2) is 22.8 Å². The first-order chi connectivity index (χ1) is 9.80. The number of amides is 1. The summed E-state index contributed by atoms with van der Waals surface area (Å²) >= 11 is 3.46. The SMILES string of the molecule is CC(C)(C)Cc1c(NCC(=O)NO)nc2ccc(Br)cn12. The molecule has 0 saturated heterocycles. The van der Waals surface area contributed by atoms with Crippen LogP contribution >= 0.6 is 15.9 Å². The number of nitrogens with zero attached hydrogens (tertiary/aromatic N) is 2. The maximum atomic E-state index is 11.2. The molecule has 0 aromatic carbocycles. The summed E-state index contributed by atoms with van der Waals surface area (Å²) in [6, 6.07) is 3.83. The molecule has 114 valence electrons. The number of fused-ring (bicyclic) bond motifs is 1. The van der Waals surface area contributed by atoms with Crippen LogP contribution in [0.1, 0.15) is 26.5 Å². The fourth-order valence-corrected chi connectivity index (χ4v) is 2.42. The minimum Gasteiger partial charge on any atom is -0.359 e. The molecule has 7 heteroatoms. The molecule has 0 aliphatic carbocycles. The van der Waals surface area contributed by atoms with Gasteiger partial charge in [-0.1, -0.05) is 20.8 Å². The highest BCUT2D eigenvalue weighted by Crippen LogP contribution is 2.27. The summed E-state index contributed by atoms with van der Waals surface area (Å²) in [7, 11) is 0. The van der Waals surface area contributed by atoms with Crippen molar-refractivity contribution in [2.45, 2.75) is 27.2 Å². The van der Waals surface area contributed by atoms with E-state index in [4.69, 9.17) is 5.21 Å². The highest BCUT2D eigenvalue weighted by atomic mass is 79.9. The highest BCUT2D eigenvalue weighted by molar-refractivity contribution is 9.10. The van der Waals surface area contributed by atoms with Crippen LogP contribution in [0.2, 0.25) is 0 Å². The second-order valence-electron chi connectivity index (χ2n) is 6.11. The zero-order chi connectivity index (χ0) is 15.6. The number of hydrogen-bond acceptors (Lipinski definition) is 4. The minimum absolute atomic E-state index is 0.0291. The molecule has 1 amide bonds. The number of hydroxylamine groups is 1. The molecule has 2 rings (SSSR count). The molecule has 0 unspecified atom stereocenters. The molecule has 2 aromatic rings. The van der Waals surface area contributed by atoms with E-state index in [2.05, 4.69) is 47.0 Å². The average Bonchev–Trinajstić information content (AvgIpc) is 2.72. The van der Waals surface area contributed by atoms with Gasteiger partial charge in [-0.05, 0) is 39.9 Å². The number of carbonyl (C=O) groups is 1. The Balaban J connectivity index is 2.42. The topological polar surface area (TPSA) is 78.7 Å². The summed E-state index contributed by atoms with van der Waals surface area (Å²) in [6.45, 7) is 6.41. The van der Waals surface area contributed by atoms with Gasteiger partial charge in [0, 0.05) is 10.7 Å². The Bertz CT molecular complexity index is 661. The van der Waals surface area contributed by atoms with Gasteiger partial charge in [0.25, 0.3) is 5.91 Å². The van der Waals surface area contributed by atoms with E-state index in [0.717, 1.165) is 22.2 Å². The molecular weight excluding hydrogens is 336 g/mol. The van der Waals surface area contributed by atoms with Crippen LogP contribution in [0.25, 0.3) is 5.65 Å². The third kappa shape index (κ3) is 3.95. The zero-order valence-corrected chi connectivity index (χ0v) is 13.9. The summed E-state index contributed by atoms with van der Waals surface area (Å²) in [5.74, 6) is 0.154. The van der Waals surface area contributed by atoms with Gasteiger partial charge in [-0.25, -0.2) is 10.5 Å². The van der Waals surface area contributed by atoms with Crippen LogP contribution in [0.5, 0.6) is 0 Å². The van der Waals surface area contributed by atoms with Crippen LogP contribution in [0, 0.1) is 5.41 Å². The number of rotatable bonds is 4. The summed E-state index contributed by atoms with van der Waals surface area (Å²) in [4.78, 5) is 15.7. The van der Waals surface area contributed by atoms with Crippen molar-refractivity contribution in [2.75, 3.05) is 11.9 Å². The van der Waals surface area contributed by atoms with E-state index in [-0.39, 0.29) is 12.0 Å². The lowest BCUT2D eigenvalue weighted by atomic mass is 9.90. The lowest BCUT2D eigenvalue weighted by Gasteiger charge is -2.19. The molecule has 0 spiro atoms. The van der Waals surface area contributed by atoms with Gasteiger partial charge in [0.1, 0.15) is 11.5 Å². The predicted molar refractivity (Wildman–Crippen MR) is 84.5 cm³/mol. The molecular formula is C14H19BrN4O2. The molecule has 2 heterocycles. The first-order valence-electron chi connectivity index (χ1n) is 6.63. The molecule has 0 fully saturated rings. The number of halogens is 1. The molecule has 21 heavy (non-hydrogen) atoms. The third-order valence-corrected chi connectivity index (χ3v) is 3.39. The lowest BCUT2D eigenvalue weighted by molar-refractivity contribution is -0.127. The normalized spacial score (nSPS) is 11.7. The molecule has 0 bridgehead atoms. The maximum absolute atomic E-state index is 11.2. The second-order valence-corrected chi connectivity index (χ2v) is 7.02. The van der Waals surface area contributed by atoms with E-state index >= 15 is 0 Å². The largest absolute Gasteiger partial charge is 0.359 e. The van der Waals surface area contributed by atoms with Gasteiger partial charge in [-0.3, -0.25) is 10.0 Å². The zero-order valence-electron chi connectivity index (χ0n) is 12.3. The number of anilines is 1. The number of nitrogens with one attached hydrogen (secondary N) is 2. The van der Waals surface area contributed by atoms with Crippen molar-refractivity contribution in [3.05, 3.63) is 28.5 Å². The summed E-state index contributed by atoms with van der Waals surface area (Å²) in [5, 5.41) is 11.5. The first-order valence-corrected chi connectivity index (χ1v) is 7.43. The van der Waals surface area contributed by atoms with Crippen molar-refractivity contribution in [1.29, 1.82) is 0 Å². The van der Waals surface area contributed by atoms with E-state index in [0.29, 0.717) is 5.82 Å². The average molecular weight is 355 g/mol. The number of aromatic nitrogens is 2. The molecule has 3 N–H and O–H groups in total. The van der Waals surface area contributed by atoms with Crippen LogP contribution in [0.3, 0.4) is 0 Å². The molecule has 0 atom stereocenters. The molecule has 0 aliphatic rings. The molecule has 0 saturated carbocycles. The van der Waals surface area contributed by atoms with Crippen LogP contribution in [-0.2, 0) is 11.2 Å². The van der Waals surface area contributed by atoms with Crippen molar-refractivity contribution >= 4 is 33.3 Å². The third-order valence-electron chi connectivity index (χ3n) is 2.92. The predicted octanol–water partition coefficient (Wildman–Crippen LogP) is 2.60. The Morgan fingerprint density at radius 3 is 2.76 bits per heavy atom. The van der Waals surface area contributed by atoms with Gasteiger partial charge < -0.3 is 9.72 Å². The van der Waals surface area contributed by atoms with Crippen molar-refractivity contribution in [3.63, 3.8) is 0 Å². The monoisotopic (exact) mass is 354 g/mol. The van der Waals surface area contributed by atoms with Crippen molar-refractivity contribution < 1.29 is 10.0 Å². The summed E-state index contributed by atoms with van der Waals surface area (Å²) in [5.41, 5.74) is 3.49. The standard InChI is InChI=1S/C14H19BrN4O2/c1-14(2,3)6-10-13(16-7-12(20)18-21)17-11-5-4-9(15)8-19(10)11/h4-5,8,16,21H,6-7H2,1-3H3,(H,18,20). The Labute approximate surface area is 131 Å². The van der Waals surface area contributed by atoms with Gasteiger partial charge in [-0.15, -0.1) is 0 Å². The Hall–Kier alpha value is -1.60.